The molecule has 7 heteroatoms. The zero-order valence-electron chi connectivity index (χ0n) is 17.4. The summed E-state index contributed by atoms with van der Waals surface area (Å²) in [4.78, 5) is 32.9. The molecule has 2 amide bonds. The molecule has 28 heavy (non-hydrogen) atoms. The fourth-order valence-electron chi connectivity index (χ4n) is 3.07. The average Bonchev–Trinajstić information content (AvgIpc) is 2.71. The predicted molar refractivity (Wildman–Crippen MR) is 111 cm³/mol. The van der Waals surface area contributed by atoms with E-state index in [-0.39, 0.29) is 17.9 Å². The van der Waals surface area contributed by atoms with Crippen molar-refractivity contribution in [3.05, 3.63) is 23.9 Å². The van der Waals surface area contributed by atoms with Gasteiger partial charge >= 0.3 is 0 Å². The van der Waals surface area contributed by atoms with Crippen LogP contribution in [0.3, 0.4) is 0 Å². The molecule has 1 fully saturated rings. The average molecular weight is 391 g/mol. The van der Waals surface area contributed by atoms with E-state index in [1.807, 2.05) is 24.8 Å². The minimum atomic E-state index is -0.116. The largest absolute Gasteiger partial charge is 0.379 e. The molecule has 156 valence electrons. The van der Waals surface area contributed by atoms with Crippen LogP contribution >= 0.6 is 0 Å². The zero-order chi connectivity index (χ0) is 20.4. The lowest BCUT2D eigenvalue weighted by Gasteiger charge is -2.35. The summed E-state index contributed by atoms with van der Waals surface area (Å²) >= 11 is 0. The number of hydrogen-bond donors (Lipinski definition) is 1. The second kappa shape index (κ2) is 11.6. The highest BCUT2D eigenvalue weighted by molar-refractivity contribution is 5.94. The molecule has 0 atom stereocenters. The third-order valence-corrected chi connectivity index (χ3v) is 4.77. The van der Waals surface area contributed by atoms with Gasteiger partial charge in [0.1, 0.15) is 5.82 Å². The summed E-state index contributed by atoms with van der Waals surface area (Å²) in [6.45, 7) is 10.3. The number of amides is 2. The number of unbranched alkanes of at least 4 members (excludes halogenated alkanes) is 1. The van der Waals surface area contributed by atoms with Crippen LogP contribution in [0.5, 0.6) is 0 Å². The molecular weight excluding hydrogens is 356 g/mol. The normalized spacial score (nSPS) is 14.4. The van der Waals surface area contributed by atoms with E-state index in [1.165, 1.54) is 0 Å². The smallest absolute Gasteiger partial charge is 0.252 e. The SMILES string of the molecule is CCCCC(=O)N1CCN(c2ccc(C(=O)NCCCOC(C)C)cn2)CC1. The molecule has 0 spiro atoms. The second-order valence-electron chi connectivity index (χ2n) is 7.41. The first kappa shape index (κ1) is 22.1. The maximum Gasteiger partial charge on any atom is 0.252 e. The van der Waals surface area contributed by atoms with Crippen LogP contribution in [-0.2, 0) is 9.53 Å². The molecule has 1 aliphatic rings. The monoisotopic (exact) mass is 390 g/mol. The Morgan fingerprint density at radius 3 is 2.54 bits per heavy atom. The molecule has 2 rings (SSSR count). The molecule has 0 unspecified atom stereocenters. The Hall–Kier alpha value is -2.15. The number of nitrogens with zero attached hydrogens (tertiary/aromatic N) is 3. The van der Waals surface area contributed by atoms with Gasteiger partial charge in [-0.05, 0) is 38.8 Å². The van der Waals surface area contributed by atoms with Gasteiger partial charge in [-0.15, -0.1) is 0 Å². The van der Waals surface area contributed by atoms with E-state index in [9.17, 15) is 9.59 Å². The maximum atomic E-state index is 12.2. The molecule has 0 bridgehead atoms. The van der Waals surface area contributed by atoms with Crippen LogP contribution in [0.15, 0.2) is 18.3 Å². The molecule has 7 nitrogen and oxygen atoms in total. The number of piperazine rings is 1. The van der Waals surface area contributed by atoms with Crippen molar-refractivity contribution < 1.29 is 14.3 Å². The van der Waals surface area contributed by atoms with Crippen molar-refractivity contribution in [1.82, 2.24) is 15.2 Å². The Morgan fingerprint density at radius 1 is 1.18 bits per heavy atom. The van der Waals surface area contributed by atoms with Crippen molar-refractivity contribution >= 4 is 17.6 Å². The van der Waals surface area contributed by atoms with Crippen LogP contribution in [0, 0.1) is 0 Å². The predicted octanol–water partition coefficient (Wildman–Crippen LogP) is 2.47. The summed E-state index contributed by atoms with van der Waals surface area (Å²) in [5.41, 5.74) is 0.557. The minimum Gasteiger partial charge on any atom is -0.379 e. The number of hydrogen-bond acceptors (Lipinski definition) is 5. The van der Waals surface area contributed by atoms with Gasteiger partial charge in [0.2, 0.25) is 5.91 Å². The first-order chi connectivity index (χ1) is 13.5. The molecule has 0 aromatic carbocycles. The van der Waals surface area contributed by atoms with E-state index < -0.39 is 0 Å². The standard InChI is InChI=1S/C21H34N4O3/c1-4-5-7-20(26)25-13-11-24(12-14-25)19-9-8-18(16-23-19)21(27)22-10-6-15-28-17(2)3/h8-9,16-17H,4-7,10-15H2,1-3H3,(H,22,27). The highest BCUT2D eigenvalue weighted by Crippen LogP contribution is 2.15. The topological polar surface area (TPSA) is 74.8 Å². The van der Waals surface area contributed by atoms with Gasteiger partial charge in [0.15, 0.2) is 0 Å². The molecular formula is C21H34N4O3. The van der Waals surface area contributed by atoms with Crippen LogP contribution in [-0.4, -0.2) is 67.1 Å². The summed E-state index contributed by atoms with van der Waals surface area (Å²) in [6, 6.07) is 3.69. The highest BCUT2D eigenvalue weighted by atomic mass is 16.5. The Bertz CT molecular complexity index is 611. The summed E-state index contributed by atoms with van der Waals surface area (Å²) in [6.07, 6.45) is 5.26. The van der Waals surface area contributed by atoms with Crippen LogP contribution < -0.4 is 10.2 Å². The minimum absolute atomic E-state index is 0.116. The van der Waals surface area contributed by atoms with E-state index in [0.29, 0.717) is 25.1 Å². The van der Waals surface area contributed by atoms with Gasteiger partial charge in [0.05, 0.1) is 11.7 Å². The first-order valence-electron chi connectivity index (χ1n) is 10.4. The van der Waals surface area contributed by atoms with Gasteiger partial charge in [-0.3, -0.25) is 9.59 Å². The van der Waals surface area contributed by atoms with E-state index in [4.69, 9.17) is 4.74 Å². The van der Waals surface area contributed by atoms with Crippen LogP contribution in [0.2, 0.25) is 0 Å². The number of anilines is 1. The van der Waals surface area contributed by atoms with E-state index in [1.54, 1.807) is 12.3 Å². The van der Waals surface area contributed by atoms with Gasteiger partial charge < -0.3 is 19.9 Å². The fourth-order valence-corrected chi connectivity index (χ4v) is 3.07. The van der Waals surface area contributed by atoms with Gasteiger partial charge in [-0.1, -0.05) is 13.3 Å². The van der Waals surface area contributed by atoms with E-state index in [0.717, 1.165) is 51.3 Å². The first-order valence-corrected chi connectivity index (χ1v) is 10.4. The Kier molecular flexibility index (Phi) is 9.20. The summed E-state index contributed by atoms with van der Waals surface area (Å²) in [5, 5.41) is 2.89. The van der Waals surface area contributed by atoms with E-state index in [2.05, 4.69) is 22.1 Å². The summed E-state index contributed by atoms with van der Waals surface area (Å²) < 4.78 is 5.46. The van der Waals surface area contributed by atoms with Crippen molar-refractivity contribution in [3.63, 3.8) is 0 Å². The van der Waals surface area contributed by atoms with Gasteiger partial charge in [0, 0.05) is 51.9 Å². The van der Waals surface area contributed by atoms with Crippen molar-refractivity contribution in [2.75, 3.05) is 44.2 Å². The number of nitrogens with one attached hydrogen (secondary N) is 1. The van der Waals surface area contributed by atoms with Crippen molar-refractivity contribution in [2.24, 2.45) is 0 Å². The summed E-state index contributed by atoms with van der Waals surface area (Å²) in [7, 11) is 0. The maximum absolute atomic E-state index is 12.2. The van der Waals surface area contributed by atoms with E-state index >= 15 is 0 Å². The number of carbonyl (C=O) groups is 2. The van der Waals surface area contributed by atoms with Gasteiger partial charge in [-0.25, -0.2) is 4.98 Å². The zero-order valence-corrected chi connectivity index (χ0v) is 17.4. The Morgan fingerprint density at radius 2 is 1.93 bits per heavy atom. The molecule has 0 saturated carbocycles. The molecule has 1 saturated heterocycles. The van der Waals surface area contributed by atoms with Crippen LogP contribution in [0.1, 0.15) is 56.8 Å². The fraction of sp³-hybridized carbons (Fsp3) is 0.667. The molecule has 2 heterocycles. The van der Waals surface area contributed by atoms with Crippen molar-refractivity contribution in [3.8, 4) is 0 Å². The van der Waals surface area contributed by atoms with Crippen molar-refractivity contribution in [2.45, 2.75) is 52.6 Å². The summed E-state index contributed by atoms with van der Waals surface area (Å²) in [5.74, 6) is 0.984. The lowest BCUT2D eigenvalue weighted by molar-refractivity contribution is -0.131. The molecule has 1 N–H and O–H groups in total. The molecule has 1 aliphatic heterocycles. The lowest BCUT2D eigenvalue weighted by atomic mass is 10.2. The van der Waals surface area contributed by atoms with Gasteiger partial charge in [0.25, 0.3) is 5.91 Å². The molecule has 0 radical (unpaired) electrons. The number of pyridine rings is 1. The number of aromatic nitrogens is 1. The van der Waals surface area contributed by atoms with Gasteiger partial charge in [-0.2, -0.15) is 0 Å². The third kappa shape index (κ3) is 7.11. The quantitative estimate of drug-likeness (QED) is 0.621. The Labute approximate surface area is 168 Å². The number of rotatable bonds is 10. The molecule has 0 aliphatic carbocycles. The number of ether oxygens (including phenoxy) is 1. The highest BCUT2D eigenvalue weighted by Gasteiger charge is 2.21. The van der Waals surface area contributed by atoms with Crippen LogP contribution in [0.25, 0.3) is 0 Å². The Balaban J connectivity index is 1.75. The molecule has 1 aromatic heterocycles. The lowest BCUT2D eigenvalue weighted by Crippen LogP contribution is -2.49. The third-order valence-electron chi connectivity index (χ3n) is 4.77. The second-order valence-corrected chi connectivity index (χ2v) is 7.41. The number of carbonyl (C=O) groups excluding carboxylic acids is 2. The van der Waals surface area contributed by atoms with Crippen molar-refractivity contribution in [1.29, 1.82) is 0 Å². The molecule has 1 aromatic rings. The van der Waals surface area contributed by atoms with Crippen LogP contribution in [0.4, 0.5) is 5.82 Å².